The third-order valence-electron chi connectivity index (χ3n) is 5.52. The molecule has 0 unspecified atom stereocenters. The number of benzene rings is 1. The van der Waals surface area contributed by atoms with Crippen LogP contribution >= 0.6 is 0 Å². The largest absolute Gasteiger partial charge is 0.376 e. The number of ether oxygens (including phenoxy) is 1. The standard InChI is InChI=1S/C21H30N2O3/c1-22(16-19-9-5-6-14-26-19)21(25)18-10-12-23(13-11-18)20(24)15-17-7-3-2-4-8-17/h2-4,7-8,18-19H,5-6,9-16H2,1H3/t19-/m0/s1. The van der Waals surface area contributed by atoms with E-state index in [9.17, 15) is 9.59 Å². The fraction of sp³-hybridized carbons (Fsp3) is 0.619. The Bertz CT molecular complexity index is 591. The lowest BCUT2D eigenvalue weighted by Crippen LogP contribution is -2.45. The van der Waals surface area contributed by atoms with Crippen LogP contribution in [0.1, 0.15) is 37.7 Å². The summed E-state index contributed by atoms with van der Waals surface area (Å²) < 4.78 is 5.74. The second-order valence-corrected chi connectivity index (χ2v) is 7.52. The molecule has 0 saturated carbocycles. The molecule has 2 aliphatic heterocycles. The molecule has 2 fully saturated rings. The Morgan fingerprint density at radius 3 is 2.50 bits per heavy atom. The van der Waals surface area contributed by atoms with Crippen LogP contribution in [-0.4, -0.2) is 61.0 Å². The lowest BCUT2D eigenvalue weighted by Gasteiger charge is -2.34. The van der Waals surface area contributed by atoms with Crippen molar-refractivity contribution in [1.82, 2.24) is 9.80 Å². The SMILES string of the molecule is CN(C[C@@H]1CCCCO1)C(=O)C1CCN(C(=O)Cc2ccccc2)CC1. The molecule has 1 aromatic rings. The quantitative estimate of drug-likeness (QED) is 0.813. The van der Waals surface area contributed by atoms with Gasteiger partial charge in [-0.05, 0) is 37.7 Å². The third kappa shape index (κ3) is 5.07. The number of piperidine rings is 1. The molecule has 0 aromatic heterocycles. The van der Waals surface area contributed by atoms with E-state index in [-0.39, 0.29) is 23.8 Å². The number of rotatable bonds is 5. The van der Waals surface area contributed by atoms with E-state index in [4.69, 9.17) is 4.74 Å². The van der Waals surface area contributed by atoms with Crippen LogP contribution in [0, 0.1) is 5.92 Å². The summed E-state index contributed by atoms with van der Waals surface area (Å²) in [5.41, 5.74) is 1.04. The average molecular weight is 358 g/mol. The average Bonchev–Trinajstić information content (AvgIpc) is 2.69. The van der Waals surface area contributed by atoms with Gasteiger partial charge in [-0.15, -0.1) is 0 Å². The first-order valence-corrected chi connectivity index (χ1v) is 9.82. The summed E-state index contributed by atoms with van der Waals surface area (Å²) in [6.07, 6.45) is 5.51. The van der Waals surface area contributed by atoms with Crippen molar-refractivity contribution < 1.29 is 14.3 Å². The van der Waals surface area contributed by atoms with Crippen molar-refractivity contribution in [2.45, 2.75) is 44.6 Å². The fourth-order valence-electron chi connectivity index (χ4n) is 3.92. The van der Waals surface area contributed by atoms with Crippen LogP contribution in [0.2, 0.25) is 0 Å². The summed E-state index contributed by atoms with van der Waals surface area (Å²) >= 11 is 0. The first-order chi connectivity index (χ1) is 12.6. The van der Waals surface area contributed by atoms with Crippen molar-refractivity contribution in [2.24, 2.45) is 5.92 Å². The maximum Gasteiger partial charge on any atom is 0.226 e. The minimum atomic E-state index is 0.0318. The van der Waals surface area contributed by atoms with E-state index in [0.717, 1.165) is 37.9 Å². The number of amides is 2. The Morgan fingerprint density at radius 1 is 1.12 bits per heavy atom. The van der Waals surface area contributed by atoms with E-state index in [0.29, 0.717) is 26.1 Å². The second kappa shape index (κ2) is 9.17. The molecule has 5 heteroatoms. The number of hydrogen-bond donors (Lipinski definition) is 0. The van der Waals surface area contributed by atoms with Crippen molar-refractivity contribution in [3.05, 3.63) is 35.9 Å². The van der Waals surface area contributed by atoms with Gasteiger partial charge in [-0.25, -0.2) is 0 Å². The fourth-order valence-corrected chi connectivity index (χ4v) is 3.92. The predicted octanol–water partition coefficient (Wildman–Crippen LogP) is 2.50. The van der Waals surface area contributed by atoms with Crippen molar-refractivity contribution in [3.63, 3.8) is 0 Å². The van der Waals surface area contributed by atoms with Gasteiger partial charge in [0.1, 0.15) is 0 Å². The molecular weight excluding hydrogens is 328 g/mol. The van der Waals surface area contributed by atoms with Gasteiger partial charge in [0, 0.05) is 39.2 Å². The monoisotopic (exact) mass is 358 g/mol. The highest BCUT2D eigenvalue weighted by atomic mass is 16.5. The minimum absolute atomic E-state index is 0.0318. The van der Waals surface area contributed by atoms with Crippen LogP contribution in [0.25, 0.3) is 0 Å². The Morgan fingerprint density at radius 2 is 1.85 bits per heavy atom. The Kier molecular flexibility index (Phi) is 6.67. The lowest BCUT2D eigenvalue weighted by atomic mass is 9.94. The van der Waals surface area contributed by atoms with Crippen molar-refractivity contribution in [3.8, 4) is 0 Å². The predicted molar refractivity (Wildman–Crippen MR) is 101 cm³/mol. The third-order valence-corrected chi connectivity index (χ3v) is 5.52. The van der Waals surface area contributed by atoms with E-state index in [2.05, 4.69) is 0 Å². The highest BCUT2D eigenvalue weighted by Crippen LogP contribution is 2.21. The van der Waals surface area contributed by atoms with Crippen LogP contribution in [0.5, 0.6) is 0 Å². The van der Waals surface area contributed by atoms with Crippen LogP contribution in [0.15, 0.2) is 30.3 Å². The first kappa shape index (κ1) is 18.9. The number of hydrogen-bond acceptors (Lipinski definition) is 3. The highest BCUT2D eigenvalue weighted by Gasteiger charge is 2.30. The number of carbonyl (C=O) groups excluding carboxylic acids is 2. The minimum Gasteiger partial charge on any atom is -0.376 e. The van der Waals surface area contributed by atoms with Gasteiger partial charge < -0.3 is 14.5 Å². The molecule has 1 atom stereocenters. The molecule has 2 amide bonds. The molecule has 0 spiro atoms. The molecule has 3 rings (SSSR count). The van der Waals surface area contributed by atoms with Crippen LogP contribution < -0.4 is 0 Å². The molecule has 0 N–H and O–H groups in total. The van der Waals surface area contributed by atoms with E-state index >= 15 is 0 Å². The Hall–Kier alpha value is -1.88. The molecule has 2 saturated heterocycles. The topological polar surface area (TPSA) is 49.9 Å². The summed E-state index contributed by atoms with van der Waals surface area (Å²) in [5, 5.41) is 0. The summed E-state index contributed by atoms with van der Waals surface area (Å²) in [7, 11) is 1.88. The van der Waals surface area contributed by atoms with Gasteiger partial charge >= 0.3 is 0 Å². The summed E-state index contributed by atoms with van der Waals surface area (Å²) in [6, 6.07) is 9.84. The van der Waals surface area contributed by atoms with Gasteiger partial charge in [0.25, 0.3) is 0 Å². The normalized spacial score (nSPS) is 21.4. The highest BCUT2D eigenvalue weighted by molar-refractivity contribution is 5.81. The summed E-state index contributed by atoms with van der Waals surface area (Å²) in [6.45, 7) is 2.85. The molecule has 26 heavy (non-hydrogen) atoms. The summed E-state index contributed by atoms with van der Waals surface area (Å²) in [5.74, 6) is 0.393. The molecule has 5 nitrogen and oxygen atoms in total. The van der Waals surface area contributed by atoms with Gasteiger partial charge in [-0.1, -0.05) is 30.3 Å². The zero-order valence-electron chi connectivity index (χ0n) is 15.7. The Labute approximate surface area is 156 Å². The maximum atomic E-state index is 12.7. The van der Waals surface area contributed by atoms with E-state index in [1.54, 1.807) is 0 Å². The molecule has 0 radical (unpaired) electrons. The van der Waals surface area contributed by atoms with Gasteiger partial charge in [0.2, 0.25) is 11.8 Å². The number of likely N-dealkylation sites (tertiary alicyclic amines) is 1. The second-order valence-electron chi connectivity index (χ2n) is 7.52. The number of nitrogens with zero attached hydrogens (tertiary/aromatic N) is 2. The molecule has 0 aliphatic carbocycles. The van der Waals surface area contributed by atoms with Crippen molar-refractivity contribution >= 4 is 11.8 Å². The smallest absolute Gasteiger partial charge is 0.226 e. The van der Waals surface area contributed by atoms with Crippen LogP contribution in [0.4, 0.5) is 0 Å². The number of carbonyl (C=O) groups is 2. The van der Waals surface area contributed by atoms with Gasteiger partial charge in [-0.3, -0.25) is 9.59 Å². The van der Waals surface area contributed by atoms with Gasteiger partial charge in [0.15, 0.2) is 0 Å². The van der Waals surface area contributed by atoms with Crippen molar-refractivity contribution in [1.29, 1.82) is 0 Å². The molecule has 0 bridgehead atoms. The van der Waals surface area contributed by atoms with Gasteiger partial charge in [-0.2, -0.15) is 0 Å². The van der Waals surface area contributed by atoms with E-state index in [1.165, 1.54) is 6.42 Å². The molecular formula is C21H30N2O3. The zero-order valence-corrected chi connectivity index (χ0v) is 15.7. The molecule has 142 valence electrons. The van der Waals surface area contributed by atoms with Gasteiger partial charge in [0.05, 0.1) is 12.5 Å². The zero-order chi connectivity index (χ0) is 18.4. The van der Waals surface area contributed by atoms with Crippen molar-refractivity contribution in [2.75, 3.05) is 33.3 Å². The molecule has 2 aliphatic rings. The molecule has 1 aromatic carbocycles. The molecule has 2 heterocycles. The lowest BCUT2D eigenvalue weighted by molar-refractivity contribution is -0.141. The van der Waals surface area contributed by atoms with E-state index < -0.39 is 0 Å². The summed E-state index contributed by atoms with van der Waals surface area (Å²) in [4.78, 5) is 28.9. The van der Waals surface area contributed by atoms with Crippen LogP contribution in [-0.2, 0) is 20.7 Å². The van der Waals surface area contributed by atoms with E-state index in [1.807, 2.05) is 47.2 Å². The number of likely N-dealkylation sites (N-methyl/N-ethyl adjacent to an activating group) is 1. The maximum absolute atomic E-state index is 12.7. The Balaban J connectivity index is 1.43. The first-order valence-electron chi connectivity index (χ1n) is 9.82. The van der Waals surface area contributed by atoms with Crippen LogP contribution in [0.3, 0.4) is 0 Å².